The van der Waals surface area contributed by atoms with Crippen molar-refractivity contribution in [2.75, 3.05) is 18.1 Å². The van der Waals surface area contributed by atoms with Gasteiger partial charge in [-0.2, -0.15) is 0 Å². The van der Waals surface area contributed by atoms with Gasteiger partial charge in [0, 0.05) is 30.6 Å². The summed E-state index contributed by atoms with van der Waals surface area (Å²) in [5.41, 5.74) is -0.154. The molecule has 2 heterocycles. The summed E-state index contributed by atoms with van der Waals surface area (Å²) in [5.74, 6) is -3.89. The van der Waals surface area contributed by atoms with Crippen LogP contribution in [0.4, 0.5) is 14.5 Å². The molecule has 1 saturated heterocycles. The molecule has 2 aromatic rings. The number of carbonyl (C=O) groups is 2. The molecule has 3 rings (SSSR count). The SMILES string of the molecule is O=C(OCCn1ccccc1=O)[C@H]1CCN(c2cc(F)cc(F)c2)C1=O. The molecule has 1 aromatic heterocycles. The summed E-state index contributed by atoms with van der Waals surface area (Å²) < 4.78 is 33.1. The van der Waals surface area contributed by atoms with Gasteiger partial charge in [-0.15, -0.1) is 0 Å². The van der Waals surface area contributed by atoms with Gasteiger partial charge in [0.05, 0.1) is 6.54 Å². The summed E-state index contributed by atoms with van der Waals surface area (Å²) >= 11 is 0. The Morgan fingerprint density at radius 3 is 2.58 bits per heavy atom. The molecule has 0 radical (unpaired) electrons. The first-order chi connectivity index (χ1) is 12.5. The van der Waals surface area contributed by atoms with E-state index in [0.29, 0.717) is 6.07 Å². The molecule has 1 atom stereocenters. The van der Waals surface area contributed by atoms with Gasteiger partial charge in [0.25, 0.3) is 5.56 Å². The van der Waals surface area contributed by atoms with E-state index in [9.17, 15) is 23.2 Å². The fourth-order valence-electron chi connectivity index (χ4n) is 2.84. The van der Waals surface area contributed by atoms with E-state index in [-0.39, 0.29) is 37.4 Å². The Morgan fingerprint density at radius 2 is 1.88 bits per heavy atom. The number of rotatable bonds is 5. The van der Waals surface area contributed by atoms with Crippen molar-refractivity contribution in [1.29, 1.82) is 0 Å². The molecular formula is C18H16F2N2O4. The van der Waals surface area contributed by atoms with E-state index in [1.807, 2.05) is 0 Å². The van der Waals surface area contributed by atoms with Crippen molar-refractivity contribution in [1.82, 2.24) is 4.57 Å². The van der Waals surface area contributed by atoms with Crippen LogP contribution in [0.3, 0.4) is 0 Å². The Balaban J connectivity index is 1.60. The summed E-state index contributed by atoms with van der Waals surface area (Å²) in [5, 5.41) is 0. The molecule has 8 heteroatoms. The standard InChI is InChI=1S/C18H16F2N2O4/c19-12-9-13(20)11-14(10-12)22-6-4-15(17(22)24)18(25)26-8-7-21-5-2-1-3-16(21)23/h1-3,5,9-11,15H,4,6-8H2/t15-/m0/s1. The average molecular weight is 362 g/mol. The van der Waals surface area contributed by atoms with E-state index < -0.39 is 29.4 Å². The van der Waals surface area contributed by atoms with Gasteiger partial charge in [-0.05, 0) is 24.6 Å². The maximum absolute atomic E-state index is 13.3. The lowest BCUT2D eigenvalue weighted by Crippen LogP contribution is -2.32. The van der Waals surface area contributed by atoms with Gasteiger partial charge in [0.15, 0.2) is 0 Å². The number of hydrogen-bond acceptors (Lipinski definition) is 4. The zero-order chi connectivity index (χ0) is 18.7. The summed E-state index contributed by atoms with van der Waals surface area (Å²) in [6.07, 6.45) is 1.76. The highest BCUT2D eigenvalue weighted by molar-refractivity contribution is 6.08. The first-order valence-corrected chi connectivity index (χ1v) is 8.05. The number of carbonyl (C=O) groups excluding carboxylic acids is 2. The molecule has 1 fully saturated rings. The molecule has 1 aliphatic heterocycles. The number of halogens is 2. The third kappa shape index (κ3) is 3.79. The summed E-state index contributed by atoms with van der Waals surface area (Å²) in [6, 6.07) is 7.46. The van der Waals surface area contributed by atoms with Gasteiger partial charge in [-0.1, -0.05) is 6.07 Å². The van der Waals surface area contributed by atoms with Gasteiger partial charge in [0.2, 0.25) is 5.91 Å². The van der Waals surface area contributed by atoms with Crippen molar-refractivity contribution >= 4 is 17.6 Å². The molecular weight excluding hydrogens is 346 g/mol. The number of nitrogens with zero attached hydrogens (tertiary/aromatic N) is 2. The first-order valence-electron chi connectivity index (χ1n) is 8.05. The topological polar surface area (TPSA) is 68.6 Å². The smallest absolute Gasteiger partial charge is 0.318 e. The molecule has 0 N–H and O–H groups in total. The van der Waals surface area contributed by atoms with Crippen LogP contribution in [0.2, 0.25) is 0 Å². The van der Waals surface area contributed by atoms with Crippen LogP contribution in [0.25, 0.3) is 0 Å². The highest BCUT2D eigenvalue weighted by atomic mass is 19.1. The zero-order valence-corrected chi connectivity index (χ0v) is 13.7. The fourth-order valence-corrected chi connectivity index (χ4v) is 2.84. The Morgan fingerprint density at radius 1 is 1.15 bits per heavy atom. The number of anilines is 1. The van der Waals surface area contributed by atoms with Crippen LogP contribution in [0, 0.1) is 17.6 Å². The van der Waals surface area contributed by atoms with Gasteiger partial charge in [-0.3, -0.25) is 14.4 Å². The van der Waals surface area contributed by atoms with E-state index in [0.717, 1.165) is 12.1 Å². The largest absolute Gasteiger partial charge is 0.463 e. The maximum Gasteiger partial charge on any atom is 0.318 e. The van der Waals surface area contributed by atoms with Crippen LogP contribution in [-0.4, -0.2) is 29.6 Å². The van der Waals surface area contributed by atoms with E-state index >= 15 is 0 Å². The second kappa shape index (κ2) is 7.47. The van der Waals surface area contributed by atoms with Gasteiger partial charge < -0.3 is 14.2 Å². The molecule has 0 bridgehead atoms. The lowest BCUT2D eigenvalue weighted by molar-refractivity contribution is -0.151. The number of hydrogen-bond donors (Lipinski definition) is 0. The monoisotopic (exact) mass is 362 g/mol. The van der Waals surface area contributed by atoms with E-state index in [2.05, 4.69) is 0 Å². The molecule has 1 aliphatic rings. The predicted molar refractivity (Wildman–Crippen MR) is 88.5 cm³/mol. The summed E-state index contributed by atoms with van der Waals surface area (Å²) in [7, 11) is 0. The van der Waals surface area contributed by atoms with Gasteiger partial charge in [-0.25, -0.2) is 8.78 Å². The fraction of sp³-hybridized carbons (Fsp3) is 0.278. The van der Waals surface area contributed by atoms with Crippen molar-refractivity contribution in [2.24, 2.45) is 5.92 Å². The second-order valence-corrected chi connectivity index (χ2v) is 5.86. The first kappa shape index (κ1) is 17.8. The van der Waals surface area contributed by atoms with E-state index in [1.54, 1.807) is 18.3 Å². The molecule has 0 spiro atoms. The number of ether oxygens (including phenoxy) is 1. The number of amides is 1. The Labute approximate surface area is 147 Å². The summed E-state index contributed by atoms with van der Waals surface area (Å²) in [4.78, 5) is 37.2. The van der Waals surface area contributed by atoms with Gasteiger partial charge >= 0.3 is 5.97 Å². The van der Waals surface area contributed by atoms with E-state index in [1.165, 1.54) is 15.5 Å². The van der Waals surface area contributed by atoms with Crippen LogP contribution in [0.5, 0.6) is 0 Å². The Hall–Kier alpha value is -3.03. The number of benzene rings is 1. The van der Waals surface area contributed by atoms with Crippen LogP contribution in [-0.2, 0) is 20.9 Å². The third-order valence-corrected chi connectivity index (χ3v) is 4.12. The minimum absolute atomic E-state index is 0.0544. The molecule has 0 saturated carbocycles. The predicted octanol–water partition coefficient (Wildman–Crippen LogP) is 1.72. The molecule has 6 nitrogen and oxygen atoms in total. The Kier molecular flexibility index (Phi) is 5.11. The number of pyridine rings is 1. The normalized spacial score (nSPS) is 16.8. The lowest BCUT2D eigenvalue weighted by atomic mass is 10.1. The quantitative estimate of drug-likeness (QED) is 0.600. The zero-order valence-electron chi connectivity index (χ0n) is 13.7. The van der Waals surface area contributed by atoms with Crippen LogP contribution in [0.1, 0.15) is 6.42 Å². The van der Waals surface area contributed by atoms with Crippen molar-refractivity contribution in [3.63, 3.8) is 0 Å². The van der Waals surface area contributed by atoms with Crippen LogP contribution < -0.4 is 10.5 Å². The maximum atomic E-state index is 13.3. The minimum atomic E-state index is -1.02. The van der Waals surface area contributed by atoms with Crippen molar-refractivity contribution in [3.05, 3.63) is 64.6 Å². The van der Waals surface area contributed by atoms with Crippen molar-refractivity contribution in [2.45, 2.75) is 13.0 Å². The number of aromatic nitrogens is 1. The highest BCUT2D eigenvalue weighted by Gasteiger charge is 2.39. The second-order valence-electron chi connectivity index (χ2n) is 5.86. The van der Waals surface area contributed by atoms with Crippen molar-refractivity contribution in [3.8, 4) is 0 Å². The van der Waals surface area contributed by atoms with Gasteiger partial charge in [0.1, 0.15) is 24.2 Å². The van der Waals surface area contributed by atoms with Crippen LogP contribution in [0.15, 0.2) is 47.4 Å². The lowest BCUT2D eigenvalue weighted by Gasteiger charge is -2.17. The molecule has 1 aromatic carbocycles. The number of esters is 1. The third-order valence-electron chi connectivity index (χ3n) is 4.12. The molecule has 26 heavy (non-hydrogen) atoms. The Bertz CT molecular complexity index is 877. The molecule has 1 amide bonds. The van der Waals surface area contributed by atoms with E-state index in [4.69, 9.17) is 4.74 Å². The van der Waals surface area contributed by atoms with Crippen LogP contribution >= 0.6 is 0 Å². The highest BCUT2D eigenvalue weighted by Crippen LogP contribution is 2.27. The summed E-state index contributed by atoms with van der Waals surface area (Å²) in [6.45, 7) is 0.284. The molecule has 0 aliphatic carbocycles. The minimum Gasteiger partial charge on any atom is -0.463 e. The molecule has 136 valence electrons. The van der Waals surface area contributed by atoms with Crippen molar-refractivity contribution < 1.29 is 23.1 Å². The molecule has 0 unspecified atom stereocenters. The average Bonchev–Trinajstić information content (AvgIpc) is 2.97.